The lowest BCUT2D eigenvalue weighted by Gasteiger charge is -2.26. The maximum Gasteiger partial charge on any atom is 0.241 e. The topological polar surface area (TPSA) is 75.6 Å². The fourth-order valence-electron chi connectivity index (χ4n) is 3.19. The maximum atomic E-state index is 12.6. The Bertz CT molecular complexity index is 779. The molecule has 0 unspecified atom stereocenters. The Morgan fingerprint density at radius 2 is 1.83 bits per heavy atom. The van der Waals surface area contributed by atoms with Crippen molar-refractivity contribution in [3.8, 4) is 0 Å². The molecule has 130 valence electrons. The monoisotopic (exact) mass is 349 g/mol. The Labute approximate surface area is 142 Å². The van der Waals surface area contributed by atoms with Gasteiger partial charge in [0, 0.05) is 25.1 Å². The number of aliphatic hydroxyl groups is 1. The highest BCUT2D eigenvalue weighted by Gasteiger charge is 2.23. The molecule has 0 spiro atoms. The molecule has 1 fully saturated rings. The van der Waals surface area contributed by atoms with Crippen molar-refractivity contribution in [3.63, 3.8) is 0 Å². The van der Waals surface area contributed by atoms with Gasteiger partial charge < -0.3 is 9.84 Å². The molecular formula is C18H23NO4S. The van der Waals surface area contributed by atoms with E-state index in [1.165, 1.54) is 0 Å². The summed E-state index contributed by atoms with van der Waals surface area (Å²) in [6.07, 6.45) is 1.58. The van der Waals surface area contributed by atoms with Crippen molar-refractivity contribution in [3.05, 3.63) is 42.5 Å². The molecule has 5 nitrogen and oxygen atoms in total. The molecule has 0 aliphatic carbocycles. The third kappa shape index (κ3) is 3.95. The number of hydrogen-bond acceptors (Lipinski definition) is 4. The minimum Gasteiger partial charge on any atom is -0.393 e. The SMILES string of the molecule is O=S(=O)(NCC[C@@H](O)C1CCOCC1)c1cccc2ccccc12. The van der Waals surface area contributed by atoms with Gasteiger partial charge in [-0.2, -0.15) is 0 Å². The van der Waals surface area contributed by atoms with Gasteiger partial charge in [0.25, 0.3) is 0 Å². The molecule has 1 aliphatic rings. The summed E-state index contributed by atoms with van der Waals surface area (Å²) in [6.45, 7) is 1.57. The summed E-state index contributed by atoms with van der Waals surface area (Å²) >= 11 is 0. The number of benzene rings is 2. The quantitative estimate of drug-likeness (QED) is 0.839. The first kappa shape index (κ1) is 17.4. The molecule has 24 heavy (non-hydrogen) atoms. The summed E-state index contributed by atoms with van der Waals surface area (Å²) in [5.74, 6) is 0.195. The van der Waals surface area contributed by atoms with Gasteiger partial charge in [-0.15, -0.1) is 0 Å². The molecule has 0 bridgehead atoms. The Morgan fingerprint density at radius 3 is 2.62 bits per heavy atom. The number of hydrogen-bond donors (Lipinski definition) is 2. The second-order valence-corrected chi connectivity index (χ2v) is 7.92. The van der Waals surface area contributed by atoms with Crippen molar-refractivity contribution in [2.75, 3.05) is 19.8 Å². The van der Waals surface area contributed by atoms with Gasteiger partial charge in [0.2, 0.25) is 10.0 Å². The molecule has 0 amide bonds. The van der Waals surface area contributed by atoms with E-state index in [1.54, 1.807) is 18.2 Å². The fraction of sp³-hybridized carbons (Fsp3) is 0.444. The minimum atomic E-state index is -3.60. The lowest BCUT2D eigenvalue weighted by Crippen LogP contribution is -2.32. The summed E-state index contributed by atoms with van der Waals surface area (Å²) < 4.78 is 33.1. The fourth-order valence-corrected chi connectivity index (χ4v) is 4.46. The molecule has 1 saturated heterocycles. The number of sulfonamides is 1. The van der Waals surface area contributed by atoms with Crippen LogP contribution >= 0.6 is 0 Å². The van der Waals surface area contributed by atoms with Crippen LogP contribution in [-0.2, 0) is 14.8 Å². The van der Waals surface area contributed by atoms with Gasteiger partial charge >= 0.3 is 0 Å². The van der Waals surface area contributed by atoms with Crippen LogP contribution in [0.25, 0.3) is 10.8 Å². The van der Waals surface area contributed by atoms with Crippen molar-refractivity contribution in [1.29, 1.82) is 0 Å². The zero-order chi connectivity index (χ0) is 17.0. The van der Waals surface area contributed by atoms with Gasteiger partial charge in [-0.1, -0.05) is 36.4 Å². The second-order valence-electron chi connectivity index (χ2n) is 6.18. The average Bonchev–Trinajstić information content (AvgIpc) is 2.61. The summed E-state index contributed by atoms with van der Waals surface area (Å²) in [5.41, 5.74) is 0. The van der Waals surface area contributed by atoms with Crippen LogP contribution in [0, 0.1) is 5.92 Å². The van der Waals surface area contributed by atoms with E-state index in [-0.39, 0.29) is 17.4 Å². The third-order valence-electron chi connectivity index (χ3n) is 4.58. The molecule has 2 aromatic rings. The van der Waals surface area contributed by atoms with E-state index in [9.17, 15) is 13.5 Å². The normalized spacial score (nSPS) is 17.9. The van der Waals surface area contributed by atoms with Crippen LogP contribution in [0.5, 0.6) is 0 Å². The highest BCUT2D eigenvalue weighted by atomic mass is 32.2. The molecule has 1 atom stereocenters. The van der Waals surface area contributed by atoms with Crippen LogP contribution < -0.4 is 4.72 Å². The predicted molar refractivity (Wildman–Crippen MR) is 93.3 cm³/mol. The minimum absolute atomic E-state index is 0.195. The second kappa shape index (κ2) is 7.61. The number of fused-ring (bicyclic) bond motifs is 1. The van der Waals surface area contributed by atoms with Crippen LogP contribution in [0.2, 0.25) is 0 Å². The van der Waals surface area contributed by atoms with Crippen molar-refractivity contribution >= 4 is 20.8 Å². The third-order valence-corrected chi connectivity index (χ3v) is 6.10. The summed E-state index contributed by atoms with van der Waals surface area (Å²) in [5, 5.41) is 11.8. The first-order valence-electron chi connectivity index (χ1n) is 8.31. The number of ether oxygens (including phenoxy) is 1. The van der Waals surface area contributed by atoms with Crippen molar-refractivity contribution in [2.24, 2.45) is 5.92 Å². The van der Waals surface area contributed by atoms with Gasteiger partial charge in [-0.25, -0.2) is 13.1 Å². The molecule has 2 aromatic carbocycles. The van der Waals surface area contributed by atoms with E-state index in [1.807, 2.05) is 24.3 Å². The molecule has 1 heterocycles. The Hall–Kier alpha value is -1.47. The predicted octanol–water partition coefficient (Wildman–Crippen LogP) is 2.30. The Morgan fingerprint density at radius 1 is 1.12 bits per heavy atom. The summed E-state index contributed by atoms with van der Waals surface area (Å²) in [6, 6.07) is 12.7. The molecule has 2 N–H and O–H groups in total. The van der Waals surface area contributed by atoms with Crippen molar-refractivity contribution < 1.29 is 18.3 Å². The Balaban J connectivity index is 1.65. The number of rotatable bonds is 6. The van der Waals surface area contributed by atoms with Crippen molar-refractivity contribution in [2.45, 2.75) is 30.3 Å². The molecular weight excluding hydrogens is 326 g/mol. The van der Waals surface area contributed by atoms with Crippen LogP contribution in [-0.4, -0.2) is 39.4 Å². The van der Waals surface area contributed by atoms with Crippen molar-refractivity contribution in [1.82, 2.24) is 4.72 Å². The van der Waals surface area contributed by atoms with E-state index in [0.717, 1.165) is 18.2 Å². The first-order chi connectivity index (χ1) is 11.6. The lowest BCUT2D eigenvalue weighted by molar-refractivity contribution is 0.00567. The van der Waals surface area contributed by atoms with Crippen LogP contribution in [0.15, 0.2) is 47.4 Å². The number of nitrogens with one attached hydrogen (secondary N) is 1. The van der Waals surface area contributed by atoms with E-state index in [2.05, 4.69) is 4.72 Å². The lowest BCUT2D eigenvalue weighted by atomic mass is 9.92. The molecule has 0 radical (unpaired) electrons. The molecule has 3 rings (SSSR count). The van der Waals surface area contributed by atoms with Gasteiger partial charge in [-0.3, -0.25) is 0 Å². The van der Waals surface area contributed by atoms with E-state index in [0.29, 0.717) is 25.0 Å². The van der Waals surface area contributed by atoms with Gasteiger partial charge in [-0.05, 0) is 36.6 Å². The van der Waals surface area contributed by atoms with Crippen LogP contribution in [0.4, 0.5) is 0 Å². The molecule has 6 heteroatoms. The van der Waals surface area contributed by atoms with Gasteiger partial charge in [0.15, 0.2) is 0 Å². The number of aliphatic hydroxyl groups excluding tert-OH is 1. The highest BCUT2D eigenvalue weighted by molar-refractivity contribution is 7.89. The molecule has 0 saturated carbocycles. The van der Waals surface area contributed by atoms with E-state index < -0.39 is 16.1 Å². The zero-order valence-electron chi connectivity index (χ0n) is 13.5. The van der Waals surface area contributed by atoms with Crippen LogP contribution in [0.3, 0.4) is 0 Å². The average molecular weight is 349 g/mol. The highest BCUT2D eigenvalue weighted by Crippen LogP contribution is 2.23. The summed E-state index contributed by atoms with van der Waals surface area (Å²) in [7, 11) is -3.60. The largest absolute Gasteiger partial charge is 0.393 e. The maximum absolute atomic E-state index is 12.6. The van der Waals surface area contributed by atoms with E-state index >= 15 is 0 Å². The summed E-state index contributed by atoms with van der Waals surface area (Å²) in [4.78, 5) is 0.279. The molecule has 0 aromatic heterocycles. The first-order valence-corrected chi connectivity index (χ1v) is 9.79. The van der Waals surface area contributed by atoms with Gasteiger partial charge in [0.1, 0.15) is 0 Å². The van der Waals surface area contributed by atoms with Crippen LogP contribution in [0.1, 0.15) is 19.3 Å². The zero-order valence-corrected chi connectivity index (χ0v) is 14.3. The van der Waals surface area contributed by atoms with Gasteiger partial charge in [0.05, 0.1) is 11.0 Å². The standard InChI is InChI=1S/C18H23NO4S/c20-17(15-9-12-23-13-10-15)8-11-19-24(21,22)18-7-3-5-14-4-1-2-6-16(14)18/h1-7,15,17,19-20H,8-13H2/t17-/m1/s1. The smallest absolute Gasteiger partial charge is 0.241 e. The Kier molecular flexibility index (Phi) is 5.50. The van der Waals surface area contributed by atoms with E-state index in [4.69, 9.17) is 4.74 Å². The molecule has 1 aliphatic heterocycles.